The maximum Gasteiger partial charge on any atom is 0.170 e. The van der Waals surface area contributed by atoms with E-state index in [2.05, 4.69) is 34.7 Å². The van der Waals surface area contributed by atoms with Gasteiger partial charge in [-0.15, -0.1) is 0 Å². The Balaban J connectivity index is 1.57. The highest BCUT2D eigenvalue weighted by atomic mass is 32.1. The zero-order valence-corrected chi connectivity index (χ0v) is 15.2. The molecule has 0 fully saturated rings. The number of aromatic nitrogens is 1. The number of methoxy groups -OCH3 is 1. The average molecular weight is 351 g/mol. The van der Waals surface area contributed by atoms with E-state index in [0.29, 0.717) is 5.11 Å². The first kappa shape index (κ1) is 17.2. The van der Waals surface area contributed by atoms with E-state index in [9.17, 15) is 0 Å². The third-order valence-electron chi connectivity index (χ3n) is 4.04. The van der Waals surface area contributed by atoms with Gasteiger partial charge in [-0.3, -0.25) is 4.98 Å². The molecule has 0 spiro atoms. The monoisotopic (exact) mass is 351 g/mol. The first-order chi connectivity index (χ1) is 12.2. The van der Waals surface area contributed by atoms with Gasteiger partial charge in [-0.2, -0.15) is 0 Å². The van der Waals surface area contributed by atoms with Crippen molar-refractivity contribution in [3.63, 3.8) is 0 Å². The summed E-state index contributed by atoms with van der Waals surface area (Å²) < 4.78 is 5.29. The summed E-state index contributed by atoms with van der Waals surface area (Å²) in [6.07, 6.45) is 2.68. The lowest BCUT2D eigenvalue weighted by atomic mass is 10.1. The van der Waals surface area contributed by atoms with E-state index in [1.54, 1.807) is 13.3 Å². The number of ether oxygens (including phenoxy) is 1. The minimum absolute atomic E-state index is 0.600. The predicted octanol–water partition coefficient (Wildman–Crippen LogP) is 4.08. The minimum atomic E-state index is 0.600. The Morgan fingerprint density at radius 2 is 2.00 bits per heavy atom. The molecule has 0 saturated heterocycles. The normalized spacial score (nSPS) is 10.5. The predicted molar refractivity (Wildman–Crippen MR) is 107 cm³/mol. The molecule has 1 heterocycles. The van der Waals surface area contributed by atoms with Crippen LogP contribution in [-0.2, 0) is 6.42 Å². The van der Waals surface area contributed by atoms with Gasteiger partial charge in [0.1, 0.15) is 5.75 Å². The molecule has 5 heteroatoms. The fourth-order valence-corrected chi connectivity index (χ4v) is 3.00. The lowest BCUT2D eigenvalue weighted by molar-refractivity contribution is 0.411. The maximum absolute atomic E-state index is 5.41. The van der Waals surface area contributed by atoms with E-state index >= 15 is 0 Å². The Labute approximate surface area is 153 Å². The summed E-state index contributed by atoms with van der Waals surface area (Å²) in [5.41, 5.74) is 4.22. The first-order valence-electron chi connectivity index (χ1n) is 8.19. The topological polar surface area (TPSA) is 46.2 Å². The summed E-state index contributed by atoms with van der Waals surface area (Å²) >= 11 is 5.41. The Kier molecular flexibility index (Phi) is 5.46. The Morgan fingerprint density at radius 1 is 1.16 bits per heavy atom. The number of nitrogens with one attached hydrogen (secondary N) is 2. The summed E-state index contributed by atoms with van der Waals surface area (Å²) in [4.78, 5) is 4.43. The number of para-hydroxylation sites is 1. The zero-order valence-electron chi connectivity index (χ0n) is 14.4. The van der Waals surface area contributed by atoms with Crippen LogP contribution in [0.3, 0.4) is 0 Å². The second-order valence-corrected chi connectivity index (χ2v) is 6.22. The molecule has 3 aromatic rings. The van der Waals surface area contributed by atoms with E-state index < -0.39 is 0 Å². The van der Waals surface area contributed by atoms with E-state index in [0.717, 1.165) is 40.9 Å². The molecule has 0 aliphatic heterocycles. The van der Waals surface area contributed by atoms with Crippen molar-refractivity contribution in [1.29, 1.82) is 0 Å². The molecular formula is C20H21N3OS. The molecular weight excluding hydrogens is 330 g/mol. The van der Waals surface area contributed by atoms with Gasteiger partial charge >= 0.3 is 0 Å². The van der Waals surface area contributed by atoms with Gasteiger partial charge in [-0.05, 0) is 54.9 Å². The molecule has 25 heavy (non-hydrogen) atoms. The van der Waals surface area contributed by atoms with Crippen molar-refractivity contribution in [3.8, 4) is 5.75 Å². The van der Waals surface area contributed by atoms with Gasteiger partial charge in [0.05, 0.1) is 18.3 Å². The van der Waals surface area contributed by atoms with Gasteiger partial charge in [-0.1, -0.05) is 30.3 Å². The summed E-state index contributed by atoms with van der Waals surface area (Å²) in [5, 5.41) is 8.18. The SMILES string of the molecule is COc1ccc(CCNC(=S)Nc2cccc3cccnc23)cc1C. The lowest BCUT2D eigenvalue weighted by Gasteiger charge is -2.12. The van der Waals surface area contributed by atoms with Gasteiger partial charge in [0.2, 0.25) is 0 Å². The molecule has 3 rings (SSSR count). The van der Waals surface area contributed by atoms with E-state index in [1.807, 2.05) is 36.4 Å². The highest BCUT2D eigenvalue weighted by Gasteiger charge is 2.04. The third kappa shape index (κ3) is 4.25. The number of thiocarbonyl (C=S) groups is 1. The molecule has 0 saturated carbocycles. The molecule has 0 amide bonds. The van der Waals surface area contributed by atoms with Crippen molar-refractivity contribution >= 4 is 33.9 Å². The van der Waals surface area contributed by atoms with Gasteiger partial charge in [0.15, 0.2) is 5.11 Å². The molecule has 0 unspecified atom stereocenters. The second kappa shape index (κ2) is 7.94. The second-order valence-electron chi connectivity index (χ2n) is 5.82. The van der Waals surface area contributed by atoms with Crippen LogP contribution in [0.25, 0.3) is 10.9 Å². The van der Waals surface area contributed by atoms with Crippen LogP contribution >= 0.6 is 12.2 Å². The fourth-order valence-electron chi connectivity index (χ4n) is 2.79. The maximum atomic E-state index is 5.41. The van der Waals surface area contributed by atoms with Crippen LogP contribution < -0.4 is 15.4 Å². The van der Waals surface area contributed by atoms with Crippen molar-refractivity contribution in [3.05, 3.63) is 65.9 Å². The van der Waals surface area contributed by atoms with Gasteiger partial charge in [-0.25, -0.2) is 0 Å². The number of anilines is 1. The molecule has 2 aromatic carbocycles. The highest BCUT2D eigenvalue weighted by molar-refractivity contribution is 7.80. The Bertz CT molecular complexity index is 890. The summed E-state index contributed by atoms with van der Waals surface area (Å²) in [6, 6.07) is 16.2. The first-order valence-corrected chi connectivity index (χ1v) is 8.60. The van der Waals surface area contributed by atoms with Crippen LogP contribution in [0.4, 0.5) is 5.69 Å². The molecule has 1 aromatic heterocycles. The summed E-state index contributed by atoms with van der Waals surface area (Å²) in [5.74, 6) is 0.914. The van der Waals surface area contributed by atoms with Gasteiger partial charge in [0.25, 0.3) is 0 Å². The van der Waals surface area contributed by atoms with Crippen LogP contribution in [0.5, 0.6) is 5.75 Å². The molecule has 0 radical (unpaired) electrons. The molecule has 0 aliphatic carbocycles. The largest absolute Gasteiger partial charge is 0.496 e. The van der Waals surface area contributed by atoms with Crippen molar-refractivity contribution in [2.24, 2.45) is 0 Å². The lowest BCUT2D eigenvalue weighted by Crippen LogP contribution is -2.30. The number of fused-ring (bicyclic) bond motifs is 1. The Morgan fingerprint density at radius 3 is 2.80 bits per heavy atom. The number of rotatable bonds is 5. The molecule has 128 valence electrons. The number of hydrogen-bond donors (Lipinski definition) is 2. The van der Waals surface area contributed by atoms with Crippen LogP contribution in [0.15, 0.2) is 54.7 Å². The summed E-state index contributed by atoms with van der Waals surface area (Å²) in [7, 11) is 1.69. The standard InChI is InChI=1S/C20H21N3OS/c1-14-13-15(8-9-18(14)24-2)10-12-22-20(25)23-17-7-3-5-16-6-4-11-21-19(16)17/h3-9,11,13H,10,12H2,1-2H3,(H2,22,23,25). The number of benzene rings is 2. The molecule has 2 N–H and O–H groups in total. The van der Waals surface area contributed by atoms with E-state index in [1.165, 1.54) is 5.56 Å². The van der Waals surface area contributed by atoms with Gasteiger partial charge in [0, 0.05) is 18.1 Å². The van der Waals surface area contributed by atoms with Gasteiger partial charge < -0.3 is 15.4 Å². The molecule has 4 nitrogen and oxygen atoms in total. The average Bonchev–Trinajstić information content (AvgIpc) is 2.62. The van der Waals surface area contributed by atoms with E-state index in [4.69, 9.17) is 17.0 Å². The fraction of sp³-hybridized carbons (Fsp3) is 0.200. The van der Waals surface area contributed by atoms with E-state index in [-0.39, 0.29) is 0 Å². The zero-order chi connectivity index (χ0) is 17.6. The molecule has 0 bridgehead atoms. The summed E-state index contributed by atoms with van der Waals surface area (Å²) in [6.45, 7) is 2.81. The molecule has 0 aliphatic rings. The van der Waals surface area contributed by atoms with Crippen molar-refractivity contribution in [2.45, 2.75) is 13.3 Å². The van der Waals surface area contributed by atoms with Crippen molar-refractivity contribution in [2.75, 3.05) is 19.0 Å². The third-order valence-corrected chi connectivity index (χ3v) is 4.29. The molecule has 0 atom stereocenters. The highest BCUT2D eigenvalue weighted by Crippen LogP contribution is 2.20. The quantitative estimate of drug-likeness (QED) is 0.678. The van der Waals surface area contributed by atoms with Crippen LogP contribution in [0, 0.1) is 6.92 Å². The van der Waals surface area contributed by atoms with Crippen molar-refractivity contribution in [1.82, 2.24) is 10.3 Å². The number of pyridine rings is 1. The van der Waals surface area contributed by atoms with Crippen LogP contribution in [0.1, 0.15) is 11.1 Å². The Hall–Kier alpha value is -2.66. The smallest absolute Gasteiger partial charge is 0.170 e. The number of aryl methyl sites for hydroxylation is 1. The number of nitrogens with zero attached hydrogens (tertiary/aromatic N) is 1. The van der Waals surface area contributed by atoms with Crippen LogP contribution in [0.2, 0.25) is 0 Å². The minimum Gasteiger partial charge on any atom is -0.496 e. The van der Waals surface area contributed by atoms with Crippen molar-refractivity contribution < 1.29 is 4.74 Å². The number of hydrogen-bond acceptors (Lipinski definition) is 3. The van der Waals surface area contributed by atoms with Crippen LogP contribution in [-0.4, -0.2) is 23.8 Å².